The van der Waals surface area contributed by atoms with E-state index in [1.165, 1.54) is 6.08 Å². The standard InChI is InChI=1S/C19H23N3O3/c1-12-13(2)22-16(14(3)21-12)11-20-19(23)9-7-15-6-8-17(24-4)18(10-15)25-5/h6-10H,11H2,1-5H3,(H,20,23)/b9-7+. The van der Waals surface area contributed by atoms with Crippen molar-refractivity contribution in [3.05, 3.63) is 52.6 Å². The quantitative estimate of drug-likeness (QED) is 0.818. The zero-order valence-corrected chi connectivity index (χ0v) is 15.2. The molecule has 1 amide bonds. The Morgan fingerprint density at radius 2 is 1.72 bits per heavy atom. The molecule has 25 heavy (non-hydrogen) atoms. The van der Waals surface area contributed by atoms with Crippen molar-refractivity contribution < 1.29 is 14.3 Å². The predicted octanol–water partition coefficient (Wildman–Crippen LogP) is 2.75. The number of carbonyl (C=O) groups is 1. The molecule has 0 aliphatic heterocycles. The van der Waals surface area contributed by atoms with Crippen molar-refractivity contribution in [2.24, 2.45) is 0 Å². The molecule has 0 radical (unpaired) electrons. The summed E-state index contributed by atoms with van der Waals surface area (Å²) in [5.74, 6) is 1.06. The predicted molar refractivity (Wildman–Crippen MR) is 96.7 cm³/mol. The van der Waals surface area contributed by atoms with Crippen LogP contribution in [0, 0.1) is 20.8 Å². The van der Waals surface area contributed by atoms with E-state index >= 15 is 0 Å². The van der Waals surface area contributed by atoms with Crippen molar-refractivity contribution in [2.75, 3.05) is 14.2 Å². The van der Waals surface area contributed by atoms with Crippen LogP contribution in [0.2, 0.25) is 0 Å². The van der Waals surface area contributed by atoms with E-state index < -0.39 is 0 Å². The summed E-state index contributed by atoms with van der Waals surface area (Å²) in [6.07, 6.45) is 3.20. The Kier molecular flexibility index (Phi) is 6.11. The van der Waals surface area contributed by atoms with E-state index in [9.17, 15) is 4.79 Å². The molecule has 1 heterocycles. The summed E-state index contributed by atoms with van der Waals surface area (Å²) in [7, 11) is 3.16. The van der Waals surface area contributed by atoms with Crippen LogP contribution in [0.25, 0.3) is 6.08 Å². The van der Waals surface area contributed by atoms with Crippen molar-refractivity contribution in [1.29, 1.82) is 0 Å². The van der Waals surface area contributed by atoms with Gasteiger partial charge in [-0.15, -0.1) is 0 Å². The number of methoxy groups -OCH3 is 2. The molecule has 6 heteroatoms. The lowest BCUT2D eigenvalue weighted by atomic mass is 10.2. The van der Waals surface area contributed by atoms with Crippen molar-refractivity contribution in [2.45, 2.75) is 27.3 Å². The van der Waals surface area contributed by atoms with Gasteiger partial charge in [0.15, 0.2) is 11.5 Å². The van der Waals surface area contributed by atoms with Gasteiger partial charge in [0.1, 0.15) is 0 Å². The van der Waals surface area contributed by atoms with Crippen molar-refractivity contribution in [1.82, 2.24) is 15.3 Å². The third-order valence-electron chi connectivity index (χ3n) is 3.84. The average Bonchev–Trinajstić information content (AvgIpc) is 2.61. The number of nitrogens with zero attached hydrogens (tertiary/aromatic N) is 2. The fourth-order valence-electron chi connectivity index (χ4n) is 2.29. The second-order valence-electron chi connectivity index (χ2n) is 5.59. The van der Waals surface area contributed by atoms with Crippen molar-refractivity contribution in [3.63, 3.8) is 0 Å². The first-order valence-corrected chi connectivity index (χ1v) is 7.93. The van der Waals surface area contributed by atoms with E-state index in [2.05, 4.69) is 15.3 Å². The first kappa shape index (κ1) is 18.4. The van der Waals surface area contributed by atoms with E-state index in [-0.39, 0.29) is 5.91 Å². The number of carbonyl (C=O) groups excluding carboxylic acids is 1. The van der Waals surface area contributed by atoms with Gasteiger partial charge in [0.25, 0.3) is 0 Å². The zero-order chi connectivity index (χ0) is 18.4. The highest BCUT2D eigenvalue weighted by Crippen LogP contribution is 2.27. The lowest BCUT2D eigenvalue weighted by molar-refractivity contribution is -0.116. The van der Waals surface area contributed by atoms with E-state index in [1.807, 2.05) is 32.9 Å². The maximum absolute atomic E-state index is 12.0. The minimum atomic E-state index is -0.200. The third-order valence-corrected chi connectivity index (χ3v) is 3.84. The highest BCUT2D eigenvalue weighted by atomic mass is 16.5. The van der Waals surface area contributed by atoms with Gasteiger partial charge in [0.05, 0.1) is 43.5 Å². The van der Waals surface area contributed by atoms with Gasteiger partial charge >= 0.3 is 0 Å². The monoisotopic (exact) mass is 341 g/mol. The number of hydrogen-bond donors (Lipinski definition) is 1. The third kappa shape index (κ3) is 4.79. The molecule has 1 aromatic heterocycles. The Morgan fingerprint density at radius 1 is 1.04 bits per heavy atom. The summed E-state index contributed by atoms with van der Waals surface area (Å²) in [4.78, 5) is 20.9. The number of ether oxygens (including phenoxy) is 2. The summed E-state index contributed by atoms with van der Waals surface area (Å²) in [5.41, 5.74) is 4.22. The lowest BCUT2D eigenvalue weighted by Gasteiger charge is -2.08. The Balaban J connectivity index is 2.01. The molecule has 0 spiro atoms. The average molecular weight is 341 g/mol. The Hall–Kier alpha value is -2.89. The fraction of sp³-hybridized carbons (Fsp3) is 0.316. The van der Waals surface area contributed by atoms with Gasteiger partial charge in [-0.25, -0.2) is 0 Å². The molecule has 0 aliphatic carbocycles. The molecule has 6 nitrogen and oxygen atoms in total. The van der Waals surface area contributed by atoms with Crippen molar-refractivity contribution in [3.8, 4) is 11.5 Å². The molecule has 0 saturated carbocycles. The van der Waals surface area contributed by atoms with Crippen LogP contribution in [0.15, 0.2) is 24.3 Å². The maximum Gasteiger partial charge on any atom is 0.244 e. The molecule has 1 aromatic carbocycles. The van der Waals surface area contributed by atoms with Crippen molar-refractivity contribution >= 4 is 12.0 Å². The molecular weight excluding hydrogens is 318 g/mol. The summed E-state index contributed by atoms with van der Waals surface area (Å²) < 4.78 is 10.4. The van der Waals surface area contributed by atoms with Gasteiger partial charge in [-0.3, -0.25) is 14.8 Å². The van der Waals surface area contributed by atoms with Gasteiger partial charge < -0.3 is 14.8 Å². The summed E-state index contributed by atoms with van der Waals surface area (Å²) in [5, 5.41) is 2.82. The number of benzene rings is 1. The second kappa shape index (κ2) is 8.28. The molecule has 2 rings (SSSR count). The SMILES string of the molecule is COc1ccc(/C=C/C(=O)NCc2nc(C)c(C)nc2C)cc1OC. The van der Waals surface area contributed by atoms with Gasteiger partial charge in [-0.1, -0.05) is 6.07 Å². The van der Waals surface area contributed by atoms with Crippen LogP contribution < -0.4 is 14.8 Å². The molecule has 0 saturated heterocycles. The van der Waals surface area contributed by atoms with Crippen LogP contribution in [0.5, 0.6) is 11.5 Å². The van der Waals surface area contributed by atoms with E-state index in [0.29, 0.717) is 18.0 Å². The first-order chi connectivity index (χ1) is 11.9. The Morgan fingerprint density at radius 3 is 2.40 bits per heavy atom. The number of amides is 1. The van der Waals surface area contributed by atoms with Gasteiger partial charge in [-0.2, -0.15) is 0 Å². The van der Waals surface area contributed by atoms with Crippen LogP contribution in [-0.2, 0) is 11.3 Å². The molecular formula is C19H23N3O3. The van der Waals surface area contributed by atoms with E-state index in [0.717, 1.165) is 28.3 Å². The summed E-state index contributed by atoms with van der Waals surface area (Å²) in [6.45, 7) is 6.06. The largest absolute Gasteiger partial charge is 0.493 e. The second-order valence-corrected chi connectivity index (χ2v) is 5.59. The minimum Gasteiger partial charge on any atom is -0.493 e. The molecule has 2 aromatic rings. The van der Waals surface area contributed by atoms with E-state index in [4.69, 9.17) is 9.47 Å². The number of aryl methyl sites for hydroxylation is 3. The Bertz CT molecular complexity index is 801. The highest BCUT2D eigenvalue weighted by Gasteiger charge is 2.07. The lowest BCUT2D eigenvalue weighted by Crippen LogP contribution is -2.22. The molecule has 0 aliphatic rings. The normalized spacial score (nSPS) is 10.8. The van der Waals surface area contributed by atoms with Crippen LogP contribution in [0.3, 0.4) is 0 Å². The molecule has 0 bridgehead atoms. The summed E-state index contributed by atoms with van der Waals surface area (Å²) in [6, 6.07) is 5.45. The van der Waals surface area contributed by atoms with Crippen LogP contribution in [0.1, 0.15) is 28.3 Å². The molecule has 0 unspecified atom stereocenters. The zero-order valence-electron chi connectivity index (χ0n) is 15.2. The molecule has 0 fully saturated rings. The molecule has 132 valence electrons. The maximum atomic E-state index is 12.0. The van der Waals surface area contributed by atoms with Gasteiger partial charge in [0, 0.05) is 6.08 Å². The topological polar surface area (TPSA) is 73.3 Å². The van der Waals surface area contributed by atoms with Gasteiger partial charge in [0.2, 0.25) is 5.91 Å². The fourth-order valence-corrected chi connectivity index (χ4v) is 2.29. The molecule has 1 N–H and O–H groups in total. The number of hydrogen-bond acceptors (Lipinski definition) is 5. The summed E-state index contributed by atoms with van der Waals surface area (Å²) >= 11 is 0. The Labute approximate surface area is 147 Å². The van der Waals surface area contributed by atoms with Crippen LogP contribution in [-0.4, -0.2) is 30.1 Å². The van der Waals surface area contributed by atoms with Crippen LogP contribution >= 0.6 is 0 Å². The molecule has 0 atom stereocenters. The van der Waals surface area contributed by atoms with E-state index in [1.54, 1.807) is 26.4 Å². The number of nitrogens with one attached hydrogen (secondary N) is 1. The highest BCUT2D eigenvalue weighted by molar-refractivity contribution is 5.91. The number of aromatic nitrogens is 2. The minimum absolute atomic E-state index is 0.200. The van der Waals surface area contributed by atoms with Gasteiger partial charge in [-0.05, 0) is 44.5 Å². The first-order valence-electron chi connectivity index (χ1n) is 7.93. The number of rotatable bonds is 6. The smallest absolute Gasteiger partial charge is 0.244 e. The van der Waals surface area contributed by atoms with Crippen LogP contribution in [0.4, 0.5) is 0 Å².